The van der Waals surface area contributed by atoms with Crippen LogP contribution in [0.2, 0.25) is 0 Å². The fourth-order valence-electron chi connectivity index (χ4n) is 3.78. The van der Waals surface area contributed by atoms with Gasteiger partial charge in [0.15, 0.2) is 11.5 Å². The van der Waals surface area contributed by atoms with Crippen molar-refractivity contribution in [2.24, 2.45) is 0 Å². The highest BCUT2D eigenvalue weighted by Crippen LogP contribution is 2.33. The van der Waals surface area contributed by atoms with E-state index >= 15 is 0 Å². The number of benzene rings is 1. The van der Waals surface area contributed by atoms with E-state index in [9.17, 15) is 0 Å². The molecule has 1 saturated heterocycles. The summed E-state index contributed by atoms with van der Waals surface area (Å²) in [6, 6.07) is 8.59. The van der Waals surface area contributed by atoms with E-state index < -0.39 is 0 Å². The van der Waals surface area contributed by atoms with Crippen molar-refractivity contribution in [1.82, 2.24) is 9.97 Å². The molecule has 0 aliphatic carbocycles. The van der Waals surface area contributed by atoms with Gasteiger partial charge in [-0.15, -0.1) is 0 Å². The van der Waals surface area contributed by atoms with Gasteiger partial charge in [0.1, 0.15) is 24.9 Å². The molecule has 1 aromatic carbocycles. The van der Waals surface area contributed by atoms with Gasteiger partial charge >= 0.3 is 0 Å². The number of nitrogens with one attached hydrogen (secondary N) is 1. The summed E-state index contributed by atoms with van der Waals surface area (Å²) >= 11 is 0. The highest BCUT2D eigenvalue weighted by Gasteiger charge is 2.22. The third-order valence-corrected chi connectivity index (χ3v) is 5.02. The monoisotopic (exact) mass is 368 g/mol. The molecule has 1 fully saturated rings. The molecule has 6 nitrogen and oxygen atoms in total. The Labute approximate surface area is 160 Å². The molecule has 6 heteroatoms. The Bertz CT molecular complexity index is 796. The van der Waals surface area contributed by atoms with E-state index in [1.54, 1.807) is 0 Å². The summed E-state index contributed by atoms with van der Waals surface area (Å²) in [4.78, 5) is 11.7. The summed E-state index contributed by atoms with van der Waals surface area (Å²) in [7, 11) is 0. The van der Waals surface area contributed by atoms with Gasteiger partial charge in [-0.1, -0.05) is 6.92 Å². The molecule has 1 aromatic heterocycles. The zero-order valence-electron chi connectivity index (χ0n) is 16.2. The molecule has 0 unspecified atom stereocenters. The lowest BCUT2D eigenvalue weighted by Gasteiger charge is -2.35. The number of ether oxygens (including phenoxy) is 2. The van der Waals surface area contributed by atoms with Gasteiger partial charge in [-0.2, -0.15) is 0 Å². The Balaban J connectivity index is 1.45. The fourth-order valence-corrected chi connectivity index (χ4v) is 3.78. The minimum atomic E-state index is 0.381. The van der Waals surface area contributed by atoms with Crippen LogP contribution < -0.4 is 19.7 Å². The lowest BCUT2D eigenvalue weighted by Crippen LogP contribution is -2.42. The molecule has 3 heterocycles. The van der Waals surface area contributed by atoms with Crippen LogP contribution in [-0.4, -0.2) is 42.3 Å². The molecule has 144 valence electrons. The van der Waals surface area contributed by atoms with Crippen molar-refractivity contribution in [3.8, 4) is 11.5 Å². The molecular weight excluding hydrogens is 340 g/mol. The third kappa shape index (κ3) is 4.26. The molecule has 2 aliphatic heterocycles. The van der Waals surface area contributed by atoms with E-state index in [1.807, 2.05) is 12.1 Å². The SMILES string of the molecule is CCCc1nc(C)cc(N2CCC[C@@H](Nc3ccc4c(c3)OCCO4)C2)n1. The van der Waals surface area contributed by atoms with Crippen molar-refractivity contribution in [1.29, 1.82) is 0 Å². The molecule has 1 atom stereocenters. The van der Waals surface area contributed by atoms with Crippen LogP contribution in [0.4, 0.5) is 11.5 Å². The minimum Gasteiger partial charge on any atom is -0.486 e. The second-order valence-corrected chi connectivity index (χ2v) is 7.32. The highest BCUT2D eigenvalue weighted by molar-refractivity contribution is 5.56. The predicted molar refractivity (Wildman–Crippen MR) is 107 cm³/mol. The van der Waals surface area contributed by atoms with Crippen molar-refractivity contribution in [2.75, 3.05) is 36.5 Å². The Morgan fingerprint density at radius 2 is 2.00 bits per heavy atom. The predicted octanol–water partition coefficient (Wildman–Crippen LogP) is 3.59. The summed E-state index contributed by atoms with van der Waals surface area (Å²) in [5.74, 6) is 3.67. The molecule has 27 heavy (non-hydrogen) atoms. The normalized spacial score (nSPS) is 19.0. The number of hydrogen-bond acceptors (Lipinski definition) is 6. The maximum Gasteiger partial charge on any atom is 0.163 e. The first-order chi connectivity index (χ1) is 13.2. The average molecular weight is 368 g/mol. The quantitative estimate of drug-likeness (QED) is 0.870. The fraction of sp³-hybridized carbons (Fsp3) is 0.524. The van der Waals surface area contributed by atoms with Crippen LogP contribution in [0.1, 0.15) is 37.7 Å². The number of anilines is 2. The van der Waals surface area contributed by atoms with Crippen LogP contribution in [-0.2, 0) is 6.42 Å². The van der Waals surface area contributed by atoms with Crippen LogP contribution in [0.15, 0.2) is 24.3 Å². The number of nitrogens with zero attached hydrogens (tertiary/aromatic N) is 3. The second-order valence-electron chi connectivity index (χ2n) is 7.32. The molecule has 0 amide bonds. The van der Waals surface area contributed by atoms with Crippen molar-refractivity contribution >= 4 is 11.5 Å². The van der Waals surface area contributed by atoms with Crippen molar-refractivity contribution in [2.45, 2.75) is 45.6 Å². The number of rotatable bonds is 5. The van der Waals surface area contributed by atoms with E-state index in [4.69, 9.17) is 14.5 Å². The van der Waals surface area contributed by atoms with Crippen LogP contribution in [0.5, 0.6) is 11.5 Å². The average Bonchev–Trinajstić information content (AvgIpc) is 2.68. The van der Waals surface area contributed by atoms with Crippen molar-refractivity contribution < 1.29 is 9.47 Å². The van der Waals surface area contributed by atoms with E-state index in [0.29, 0.717) is 19.3 Å². The zero-order chi connectivity index (χ0) is 18.6. The molecule has 0 bridgehead atoms. The molecule has 2 aliphatic rings. The summed E-state index contributed by atoms with van der Waals surface area (Å²) < 4.78 is 11.3. The molecule has 1 N–H and O–H groups in total. The van der Waals surface area contributed by atoms with Crippen LogP contribution in [0.25, 0.3) is 0 Å². The molecule has 0 saturated carbocycles. The van der Waals surface area contributed by atoms with Gasteiger partial charge in [0.05, 0.1) is 0 Å². The first kappa shape index (κ1) is 17.9. The standard InChI is InChI=1S/C21H28N4O2/c1-3-5-20-22-15(2)12-21(24-20)25-9-4-6-17(14-25)23-16-7-8-18-19(13-16)27-11-10-26-18/h7-8,12-13,17,23H,3-6,9-11,14H2,1-2H3/t17-/m1/s1. The van der Waals surface area contributed by atoms with Crippen molar-refractivity contribution in [3.63, 3.8) is 0 Å². The lowest BCUT2D eigenvalue weighted by molar-refractivity contribution is 0.171. The second kappa shape index (κ2) is 8.03. The Morgan fingerprint density at radius 3 is 2.85 bits per heavy atom. The summed E-state index contributed by atoms with van der Waals surface area (Å²) in [6.07, 6.45) is 4.30. The van der Waals surface area contributed by atoms with Gasteiger partial charge in [-0.25, -0.2) is 9.97 Å². The summed E-state index contributed by atoms with van der Waals surface area (Å²) in [5.41, 5.74) is 2.13. The largest absolute Gasteiger partial charge is 0.486 e. The van der Waals surface area contributed by atoms with E-state index in [-0.39, 0.29) is 0 Å². The Kier molecular flexibility index (Phi) is 5.32. The molecule has 2 aromatic rings. The first-order valence-electron chi connectivity index (χ1n) is 9.97. The third-order valence-electron chi connectivity index (χ3n) is 5.02. The number of hydrogen-bond donors (Lipinski definition) is 1. The van der Waals surface area contributed by atoms with Gasteiger partial charge < -0.3 is 19.7 Å². The topological polar surface area (TPSA) is 59.5 Å². The summed E-state index contributed by atoms with van der Waals surface area (Å²) in [6.45, 7) is 7.44. The van der Waals surface area contributed by atoms with Gasteiger partial charge in [0, 0.05) is 49.1 Å². The zero-order valence-corrected chi connectivity index (χ0v) is 16.2. The molecular formula is C21H28N4O2. The minimum absolute atomic E-state index is 0.381. The Morgan fingerprint density at radius 1 is 1.15 bits per heavy atom. The van der Waals surface area contributed by atoms with Gasteiger partial charge in [-0.05, 0) is 38.3 Å². The van der Waals surface area contributed by atoms with Gasteiger partial charge in [0.2, 0.25) is 0 Å². The van der Waals surface area contributed by atoms with E-state index in [0.717, 1.165) is 73.3 Å². The van der Waals surface area contributed by atoms with Gasteiger partial charge in [0.25, 0.3) is 0 Å². The molecule has 0 spiro atoms. The summed E-state index contributed by atoms with van der Waals surface area (Å²) in [5, 5.41) is 3.66. The maximum atomic E-state index is 5.70. The number of piperidine rings is 1. The van der Waals surface area contributed by atoms with Crippen molar-refractivity contribution in [3.05, 3.63) is 35.8 Å². The van der Waals surface area contributed by atoms with E-state index in [1.165, 1.54) is 0 Å². The Hall–Kier alpha value is -2.50. The van der Waals surface area contributed by atoms with Crippen LogP contribution in [0, 0.1) is 6.92 Å². The number of aromatic nitrogens is 2. The number of fused-ring (bicyclic) bond motifs is 1. The smallest absolute Gasteiger partial charge is 0.163 e. The maximum absolute atomic E-state index is 5.70. The lowest BCUT2D eigenvalue weighted by atomic mass is 10.0. The number of aryl methyl sites for hydroxylation is 2. The van der Waals surface area contributed by atoms with Gasteiger partial charge in [-0.3, -0.25) is 0 Å². The van der Waals surface area contributed by atoms with E-state index in [2.05, 4.69) is 41.2 Å². The first-order valence-corrected chi connectivity index (χ1v) is 9.97. The molecule has 0 radical (unpaired) electrons. The molecule has 4 rings (SSSR count). The van der Waals surface area contributed by atoms with Crippen LogP contribution in [0.3, 0.4) is 0 Å². The highest BCUT2D eigenvalue weighted by atomic mass is 16.6. The van der Waals surface area contributed by atoms with Crippen LogP contribution >= 0.6 is 0 Å².